The van der Waals surface area contributed by atoms with Crippen LogP contribution >= 0.6 is 0 Å². The van der Waals surface area contributed by atoms with Gasteiger partial charge in [0, 0.05) is 42.4 Å². The first-order valence-electron chi connectivity index (χ1n) is 13.2. The number of rotatable bonds is 8. The molecule has 4 aromatic rings. The largest absolute Gasteiger partial charge is 0.367 e. The molecule has 3 N–H and O–H groups in total. The minimum atomic E-state index is -0.102. The van der Waals surface area contributed by atoms with E-state index in [1.165, 1.54) is 0 Å². The number of nitrogens with one attached hydrogen (secondary N) is 3. The molecule has 8 heteroatoms. The SMILES string of the molecule is N#Cc1ccc(N[C@H]2CC[C@H](N(C(=O)NCc3ccccc3)c3ccc(Nc4ccccn4)cc3)CC2)nc1. The summed E-state index contributed by atoms with van der Waals surface area (Å²) in [7, 11) is 0. The first kappa shape index (κ1) is 25.7. The van der Waals surface area contributed by atoms with Crippen LogP contribution in [0.5, 0.6) is 0 Å². The summed E-state index contributed by atoms with van der Waals surface area (Å²) in [6, 6.07) is 29.5. The smallest absolute Gasteiger partial charge is 0.322 e. The van der Waals surface area contributed by atoms with E-state index in [-0.39, 0.29) is 18.1 Å². The lowest BCUT2D eigenvalue weighted by Gasteiger charge is -2.37. The molecule has 0 atom stereocenters. The molecule has 1 aliphatic rings. The number of benzene rings is 2. The van der Waals surface area contributed by atoms with Gasteiger partial charge in [0.05, 0.1) is 5.56 Å². The number of carbonyl (C=O) groups is 1. The molecule has 2 aromatic carbocycles. The number of nitriles is 1. The molecule has 1 saturated carbocycles. The molecular formula is C31H31N7O. The van der Waals surface area contributed by atoms with Gasteiger partial charge >= 0.3 is 6.03 Å². The molecule has 0 radical (unpaired) electrons. The van der Waals surface area contributed by atoms with Crippen molar-refractivity contribution in [2.24, 2.45) is 0 Å². The summed E-state index contributed by atoms with van der Waals surface area (Å²) in [5.41, 5.74) is 3.37. The monoisotopic (exact) mass is 517 g/mol. The van der Waals surface area contributed by atoms with Crippen LogP contribution in [0.15, 0.2) is 97.3 Å². The van der Waals surface area contributed by atoms with Gasteiger partial charge in [-0.3, -0.25) is 4.90 Å². The minimum Gasteiger partial charge on any atom is -0.367 e. The van der Waals surface area contributed by atoms with Gasteiger partial charge in [0.2, 0.25) is 0 Å². The van der Waals surface area contributed by atoms with E-state index in [0.717, 1.165) is 54.3 Å². The number of urea groups is 1. The third kappa shape index (κ3) is 6.90. The number of hydrogen-bond acceptors (Lipinski definition) is 6. The van der Waals surface area contributed by atoms with E-state index in [1.807, 2.05) is 83.8 Å². The number of amides is 2. The Labute approximate surface area is 228 Å². The second kappa shape index (κ2) is 12.6. The molecule has 0 spiro atoms. The number of carbonyl (C=O) groups excluding carboxylic acids is 1. The van der Waals surface area contributed by atoms with Gasteiger partial charge in [0.15, 0.2) is 0 Å². The topological polar surface area (TPSA) is 106 Å². The maximum atomic E-state index is 13.6. The van der Waals surface area contributed by atoms with Crippen LogP contribution in [0.1, 0.15) is 36.8 Å². The summed E-state index contributed by atoms with van der Waals surface area (Å²) in [5.74, 6) is 1.54. The fourth-order valence-corrected chi connectivity index (χ4v) is 4.88. The lowest BCUT2D eigenvalue weighted by Crippen LogP contribution is -2.48. The highest BCUT2D eigenvalue weighted by atomic mass is 16.2. The van der Waals surface area contributed by atoms with Crippen LogP contribution in [-0.4, -0.2) is 28.1 Å². The summed E-state index contributed by atoms with van der Waals surface area (Å²) in [5, 5.41) is 18.9. The van der Waals surface area contributed by atoms with Gasteiger partial charge in [-0.15, -0.1) is 0 Å². The molecule has 0 aliphatic heterocycles. The summed E-state index contributed by atoms with van der Waals surface area (Å²) >= 11 is 0. The first-order valence-corrected chi connectivity index (χ1v) is 13.2. The molecule has 5 rings (SSSR count). The van der Waals surface area contributed by atoms with E-state index in [2.05, 4.69) is 32.0 Å². The molecular weight excluding hydrogens is 486 g/mol. The average Bonchev–Trinajstić information content (AvgIpc) is 2.99. The molecule has 1 fully saturated rings. The predicted molar refractivity (Wildman–Crippen MR) is 154 cm³/mol. The Bertz CT molecular complexity index is 1380. The highest BCUT2D eigenvalue weighted by molar-refractivity contribution is 5.93. The fourth-order valence-electron chi connectivity index (χ4n) is 4.88. The molecule has 2 amide bonds. The average molecular weight is 518 g/mol. The third-order valence-electron chi connectivity index (χ3n) is 6.89. The van der Waals surface area contributed by atoms with Crippen LogP contribution in [-0.2, 0) is 6.54 Å². The quantitative estimate of drug-likeness (QED) is 0.256. The molecule has 2 heterocycles. The second-order valence-corrected chi connectivity index (χ2v) is 9.59. The zero-order valence-corrected chi connectivity index (χ0v) is 21.6. The predicted octanol–water partition coefficient (Wildman–Crippen LogP) is 6.23. The number of anilines is 4. The lowest BCUT2D eigenvalue weighted by molar-refractivity contribution is 0.240. The standard InChI is InChI=1S/C31H31N7O/c32-20-24-9-18-30(34-22-24)37-26-12-16-28(17-13-26)38(31(39)35-21-23-6-2-1-3-7-23)27-14-10-25(11-15-27)36-29-8-4-5-19-33-29/h1-11,14-15,18-19,22,26,28H,12-13,16-17,21H2,(H,33,36)(H,34,37)(H,35,39)/t26-,28-. The van der Waals surface area contributed by atoms with Crippen LogP contribution in [0.2, 0.25) is 0 Å². The number of pyridine rings is 2. The van der Waals surface area contributed by atoms with Crippen molar-refractivity contribution in [1.82, 2.24) is 15.3 Å². The van der Waals surface area contributed by atoms with Crippen molar-refractivity contribution in [1.29, 1.82) is 5.26 Å². The Balaban J connectivity index is 1.27. The van der Waals surface area contributed by atoms with Crippen molar-refractivity contribution in [2.45, 2.75) is 44.3 Å². The third-order valence-corrected chi connectivity index (χ3v) is 6.89. The van der Waals surface area contributed by atoms with Gasteiger partial charge < -0.3 is 16.0 Å². The van der Waals surface area contributed by atoms with Crippen molar-refractivity contribution in [3.63, 3.8) is 0 Å². The van der Waals surface area contributed by atoms with Gasteiger partial charge in [-0.05, 0) is 79.8 Å². The molecule has 196 valence electrons. The van der Waals surface area contributed by atoms with Crippen molar-refractivity contribution in [3.05, 3.63) is 108 Å². The van der Waals surface area contributed by atoms with Gasteiger partial charge in [-0.25, -0.2) is 14.8 Å². The van der Waals surface area contributed by atoms with Crippen molar-refractivity contribution >= 4 is 29.0 Å². The zero-order chi connectivity index (χ0) is 26.9. The summed E-state index contributed by atoms with van der Waals surface area (Å²) in [6.45, 7) is 0.469. The molecule has 8 nitrogen and oxygen atoms in total. The maximum Gasteiger partial charge on any atom is 0.322 e. The molecule has 39 heavy (non-hydrogen) atoms. The highest BCUT2D eigenvalue weighted by Crippen LogP contribution is 2.30. The van der Waals surface area contributed by atoms with Gasteiger partial charge in [0.25, 0.3) is 0 Å². The zero-order valence-electron chi connectivity index (χ0n) is 21.6. The second-order valence-electron chi connectivity index (χ2n) is 9.59. The van der Waals surface area contributed by atoms with E-state index in [4.69, 9.17) is 5.26 Å². The number of hydrogen-bond donors (Lipinski definition) is 3. The van der Waals surface area contributed by atoms with Gasteiger partial charge in [-0.1, -0.05) is 36.4 Å². The summed E-state index contributed by atoms with van der Waals surface area (Å²) < 4.78 is 0. The Hall–Kier alpha value is -4.90. The molecule has 1 aliphatic carbocycles. The van der Waals surface area contributed by atoms with Crippen LogP contribution in [0.3, 0.4) is 0 Å². The van der Waals surface area contributed by atoms with Crippen LogP contribution in [0.4, 0.5) is 27.8 Å². The van der Waals surface area contributed by atoms with Crippen LogP contribution in [0, 0.1) is 11.3 Å². The fraction of sp³-hybridized carbons (Fsp3) is 0.226. The summed E-state index contributed by atoms with van der Waals surface area (Å²) in [4.78, 5) is 24.1. The molecule has 0 bridgehead atoms. The van der Waals surface area contributed by atoms with Crippen LogP contribution in [0.25, 0.3) is 0 Å². The van der Waals surface area contributed by atoms with Gasteiger partial charge in [0.1, 0.15) is 17.7 Å². The van der Waals surface area contributed by atoms with Gasteiger partial charge in [-0.2, -0.15) is 5.26 Å². The van der Waals surface area contributed by atoms with Crippen molar-refractivity contribution in [2.75, 3.05) is 15.5 Å². The Morgan fingerprint density at radius 3 is 2.31 bits per heavy atom. The maximum absolute atomic E-state index is 13.6. The Morgan fingerprint density at radius 1 is 0.872 bits per heavy atom. The lowest BCUT2D eigenvalue weighted by atomic mass is 9.90. The van der Waals surface area contributed by atoms with E-state index in [9.17, 15) is 4.79 Å². The summed E-state index contributed by atoms with van der Waals surface area (Å²) in [6.07, 6.45) is 6.88. The van der Waals surface area contributed by atoms with E-state index < -0.39 is 0 Å². The van der Waals surface area contributed by atoms with E-state index >= 15 is 0 Å². The highest BCUT2D eigenvalue weighted by Gasteiger charge is 2.30. The number of aromatic nitrogens is 2. The Kier molecular flexibility index (Phi) is 8.29. The van der Waals surface area contributed by atoms with E-state index in [0.29, 0.717) is 12.1 Å². The molecule has 0 unspecified atom stereocenters. The molecule has 2 aromatic heterocycles. The number of nitrogens with zero attached hydrogens (tertiary/aromatic N) is 4. The van der Waals surface area contributed by atoms with Crippen molar-refractivity contribution in [3.8, 4) is 6.07 Å². The van der Waals surface area contributed by atoms with Crippen LogP contribution < -0.4 is 20.9 Å². The molecule has 0 saturated heterocycles. The first-order chi connectivity index (χ1) is 19.2. The van der Waals surface area contributed by atoms with E-state index in [1.54, 1.807) is 18.5 Å². The normalized spacial score (nSPS) is 16.5. The Morgan fingerprint density at radius 2 is 1.64 bits per heavy atom. The minimum absolute atomic E-state index is 0.0716. The van der Waals surface area contributed by atoms with Crippen molar-refractivity contribution < 1.29 is 4.79 Å².